The summed E-state index contributed by atoms with van der Waals surface area (Å²) in [5.41, 5.74) is 0.559. The highest BCUT2D eigenvalue weighted by molar-refractivity contribution is 7.90. The topological polar surface area (TPSA) is 51.5 Å². The number of fused-ring (bicyclic) bond motifs is 1. The van der Waals surface area contributed by atoms with Gasteiger partial charge in [0.2, 0.25) is 0 Å². The van der Waals surface area contributed by atoms with Crippen LogP contribution in [0.15, 0.2) is 59.6 Å². The second-order valence-electron chi connectivity index (χ2n) is 6.92. The predicted octanol–water partition coefficient (Wildman–Crippen LogP) is 4.00. The number of hydrogen-bond acceptors (Lipinski definition) is 4. The maximum Gasteiger partial charge on any atom is 0.268 e. The Labute approximate surface area is 164 Å². The van der Waals surface area contributed by atoms with Crippen LogP contribution in [0.25, 0.3) is 10.9 Å². The standard InChI is InChI=1S/C20H21ClN2O3S/c1-22-10-8-17(9-11-22)26-18-3-2-4-19(14-18)27(24,25)23-12-7-15-5-6-16(21)13-20(15)23/h2-7,12-14,17H,8-11H2,1H3. The van der Waals surface area contributed by atoms with Gasteiger partial charge in [-0.25, -0.2) is 12.4 Å². The molecule has 1 saturated heterocycles. The van der Waals surface area contributed by atoms with Gasteiger partial charge in [-0.15, -0.1) is 0 Å². The van der Waals surface area contributed by atoms with Crippen LogP contribution in [0.4, 0.5) is 0 Å². The minimum absolute atomic E-state index is 0.116. The highest BCUT2D eigenvalue weighted by atomic mass is 35.5. The lowest BCUT2D eigenvalue weighted by Crippen LogP contribution is -2.35. The molecule has 5 nitrogen and oxygen atoms in total. The molecule has 0 spiro atoms. The van der Waals surface area contributed by atoms with Gasteiger partial charge in [-0.1, -0.05) is 23.7 Å². The summed E-state index contributed by atoms with van der Waals surface area (Å²) in [6.45, 7) is 1.97. The molecule has 0 amide bonds. The Bertz CT molecular complexity index is 1070. The number of piperidine rings is 1. The fourth-order valence-corrected chi connectivity index (χ4v) is 4.95. The Hall–Kier alpha value is -2.02. The van der Waals surface area contributed by atoms with Crippen LogP contribution in [0, 0.1) is 0 Å². The zero-order valence-corrected chi connectivity index (χ0v) is 16.6. The highest BCUT2D eigenvalue weighted by Crippen LogP contribution is 2.27. The number of likely N-dealkylation sites (tertiary alicyclic amines) is 1. The van der Waals surface area contributed by atoms with Crippen molar-refractivity contribution in [2.24, 2.45) is 0 Å². The summed E-state index contributed by atoms with van der Waals surface area (Å²) < 4.78 is 33.6. The quantitative estimate of drug-likeness (QED) is 0.659. The molecular weight excluding hydrogens is 384 g/mol. The zero-order valence-electron chi connectivity index (χ0n) is 15.0. The van der Waals surface area contributed by atoms with Gasteiger partial charge in [0.1, 0.15) is 11.9 Å². The minimum Gasteiger partial charge on any atom is -0.490 e. The molecule has 0 atom stereocenters. The van der Waals surface area contributed by atoms with Gasteiger partial charge in [0.15, 0.2) is 0 Å². The molecule has 3 aromatic rings. The van der Waals surface area contributed by atoms with Crippen LogP contribution in [0.3, 0.4) is 0 Å². The maximum atomic E-state index is 13.2. The molecule has 2 heterocycles. The smallest absolute Gasteiger partial charge is 0.268 e. The third-order valence-electron chi connectivity index (χ3n) is 4.95. The first kappa shape index (κ1) is 18.3. The van der Waals surface area contributed by atoms with Crippen molar-refractivity contribution in [1.29, 1.82) is 0 Å². The van der Waals surface area contributed by atoms with Crippen LogP contribution < -0.4 is 4.74 Å². The molecule has 2 aromatic carbocycles. The van der Waals surface area contributed by atoms with Gasteiger partial charge in [-0.2, -0.15) is 0 Å². The summed E-state index contributed by atoms with van der Waals surface area (Å²) in [4.78, 5) is 2.47. The maximum absolute atomic E-state index is 13.2. The molecule has 0 bridgehead atoms. The van der Waals surface area contributed by atoms with Crippen LogP contribution in [-0.2, 0) is 10.0 Å². The molecule has 0 aliphatic carbocycles. The predicted molar refractivity (Wildman–Crippen MR) is 107 cm³/mol. The number of halogens is 1. The average molecular weight is 405 g/mol. The van der Waals surface area contributed by atoms with Crippen molar-refractivity contribution in [1.82, 2.24) is 8.87 Å². The van der Waals surface area contributed by atoms with Crippen molar-refractivity contribution in [3.63, 3.8) is 0 Å². The number of benzene rings is 2. The summed E-state index contributed by atoms with van der Waals surface area (Å²) in [7, 11) is -1.65. The Balaban J connectivity index is 1.65. The molecule has 1 aliphatic rings. The molecule has 1 aliphatic heterocycles. The highest BCUT2D eigenvalue weighted by Gasteiger charge is 2.22. The van der Waals surface area contributed by atoms with Crippen LogP contribution >= 0.6 is 11.6 Å². The summed E-state index contributed by atoms with van der Waals surface area (Å²) >= 11 is 6.06. The summed E-state index contributed by atoms with van der Waals surface area (Å²) in [6, 6.07) is 13.7. The van der Waals surface area contributed by atoms with Crippen molar-refractivity contribution >= 4 is 32.5 Å². The van der Waals surface area contributed by atoms with E-state index in [9.17, 15) is 8.42 Å². The average Bonchev–Trinajstić information content (AvgIpc) is 3.08. The van der Waals surface area contributed by atoms with E-state index in [1.807, 2.05) is 12.1 Å². The normalized spacial score (nSPS) is 16.7. The molecule has 0 saturated carbocycles. The number of nitrogens with zero attached hydrogens (tertiary/aromatic N) is 2. The van der Waals surface area contributed by atoms with E-state index in [2.05, 4.69) is 11.9 Å². The van der Waals surface area contributed by atoms with E-state index in [4.69, 9.17) is 16.3 Å². The number of ether oxygens (including phenoxy) is 1. The number of aromatic nitrogens is 1. The Morgan fingerprint density at radius 1 is 1.07 bits per heavy atom. The number of hydrogen-bond donors (Lipinski definition) is 0. The second-order valence-corrected chi connectivity index (χ2v) is 9.17. The van der Waals surface area contributed by atoms with Gasteiger partial charge >= 0.3 is 0 Å². The molecule has 0 N–H and O–H groups in total. The number of rotatable bonds is 4. The van der Waals surface area contributed by atoms with Crippen molar-refractivity contribution < 1.29 is 13.2 Å². The summed E-state index contributed by atoms with van der Waals surface area (Å²) in [5.74, 6) is 0.583. The van der Waals surface area contributed by atoms with Gasteiger partial charge < -0.3 is 9.64 Å². The fourth-order valence-electron chi connectivity index (χ4n) is 3.40. The summed E-state index contributed by atoms with van der Waals surface area (Å²) in [6.07, 6.45) is 3.55. The van der Waals surface area contributed by atoms with Gasteiger partial charge in [0.25, 0.3) is 10.0 Å². The van der Waals surface area contributed by atoms with E-state index < -0.39 is 10.0 Å². The van der Waals surface area contributed by atoms with Crippen molar-refractivity contribution in [3.8, 4) is 5.75 Å². The Kier molecular flexibility index (Phi) is 4.88. The van der Waals surface area contributed by atoms with E-state index >= 15 is 0 Å². The lowest BCUT2D eigenvalue weighted by molar-refractivity contribution is 0.114. The van der Waals surface area contributed by atoms with E-state index in [0.29, 0.717) is 16.3 Å². The summed E-state index contributed by atoms with van der Waals surface area (Å²) in [5, 5.41) is 1.32. The third kappa shape index (κ3) is 3.70. The third-order valence-corrected chi connectivity index (χ3v) is 6.87. The van der Waals surface area contributed by atoms with Gasteiger partial charge in [-0.05, 0) is 50.2 Å². The largest absolute Gasteiger partial charge is 0.490 e. The SMILES string of the molecule is CN1CCC(Oc2cccc(S(=O)(=O)n3ccc4ccc(Cl)cc43)c2)CC1. The fraction of sp³-hybridized carbons (Fsp3) is 0.300. The molecule has 4 rings (SSSR count). The molecule has 0 radical (unpaired) electrons. The van der Waals surface area contributed by atoms with Gasteiger partial charge in [0.05, 0.1) is 10.4 Å². The molecular formula is C20H21ClN2O3S. The monoisotopic (exact) mass is 404 g/mol. The zero-order chi connectivity index (χ0) is 19.0. The minimum atomic E-state index is -3.74. The lowest BCUT2D eigenvalue weighted by Gasteiger charge is -2.29. The molecule has 7 heteroatoms. The van der Waals surface area contributed by atoms with Crippen molar-refractivity contribution in [2.45, 2.75) is 23.8 Å². The van der Waals surface area contributed by atoms with Crippen LogP contribution in [0.5, 0.6) is 5.75 Å². The van der Waals surface area contributed by atoms with Gasteiger partial charge in [-0.3, -0.25) is 0 Å². The van der Waals surface area contributed by atoms with E-state index in [1.54, 1.807) is 42.6 Å². The van der Waals surface area contributed by atoms with Gasteiger partial charge in [0, 0.05) is 35.8 Å². The first-order valence-corrected chi connectivity index (χ1v) is 10.7. The molecule has 27 heavy (non-hydrogen) atoms. The second kappa shape index (κ2) is 7.19. The van der Waals surface area contributed by atoms with Crippen molar-refractivity contribution in [2.75, 3.05) is 20.1 Å². The van der Waals surface area contributed by atoms with E-state index in [1.165, 1.54) is 3.97 Å². The molecule has 1 fully saturated rings. The van der Waals surface area contributed by atoms with E-state index in [0.717, 1.165) is 31.3 Å². The van der Waals surface area contributed by atoms with Crippen molar-refractivity contribution in [3.05, 3.63) is 59.8 Å². The first-order chi connectivity index (χ1) is 12.9. The molecule has 1 aromatic heterocycles. The molecule has 142 valence electrons. The van der Waals surface area contributed by atoms with Crippen LogP contribution in [-0.4, -0.2) is 43.5 Å². The van der Waals surface area contributed by atoms with Crippen LogP contribution in [0.1, 0.15) is 12.8 Å². The van der Waals surface area contributed by atoms with Crippen LogP contribution in [0.2, 0.25) is 5.02 Å². The molecule has 0 unspecified atom stereocenters. The Morgan fingerprint density at radius 2 is 1.85 bits per heavy atom. The van der Waals surface area contributed by atoms with E-state index in [-0.39, 0.29) is 11.0 Å². The Morgan fingerprint density at radius 3 is 2.63 bits per heavy atom. The lowest BCUT2D eigenvalue weighted by atomic mass is 10.1. The first-order valence-electron chi connectivity index (χ1n) is 8.91.